The number of hydrogen-bond donors (Lipinski definition) is 2. The van der Waals surface area contributed by atoms with Gasteiger partial charge in [0.2, 0.25) is 0 Å². The van der Waals surface area contributed by atoms with Crippen LogP contribution in [0.5, 0.6) is 0 Å². The highest BCUT2D eigenvalue weighted by molar-refractivity contribution is 5.44. The quantitative estimate of drug-likeness (QED) is 0.775. The molecule has 0 aliphatic heterocycles. The zero-order valence-corrected chi connectivity index (χ0v) is 9.17. The number of hydrogen-bond acceptors (Lipinski definition) is 2. The average Bonchev–Trinajstić information content (AvgIpc) is 2.41. The van der Waals surface area contributed by atoms with Crippen LogP contribution < -0.4 is 0 Å². The minimum Gasteiger partial charge on any atom is -0.382 e. The van der Waals surface area contributed by atoms with Gasteiger partial charge >= 0.3 is 0 Å². The standard InChI is InChI=1S/C12H7F5O2/c13-6-4-2-1-3-5(6)12(19)10(17)8(15)7(14)9(16)11(12)18/h1-4,11,18-19H. The molecule has 0 heterocycles. The third kappa shape index (κ3) is 1.77. The van der Waals surface area contributed by atoms with E-state index in [-0.39, 0.29) is 0 Å². The lowest BCUT2D eigenvalue weighted by Crippen LogP contribution is -2.44. The van der Waals surface area contributed by atoms with Crippen LogP contribution in [0.2, 0.25) is 0 Å². The second kappa shape index (κ2) is 4.43. The number of aliphatic hydroxyl groups is 2. The third-order valence-electron chi connectivity index (χ3n) is 2.85. The largest absolute Gasteiger partial charge is 0.382 e. The smallest absolute Gasteiger partial charge is 0.196 e. The summed E-state index contributed by atoms with van der Waals surface area (Å²) >= 11 is 0. The molecule has 19 heavy (non-hydrogen) atoms. The first kappa shape index (κ1) is 13.7. The van der Waals surface area contributed by atoms with Gasteiger partial charge in [0, 0.05) is 5.56 Å². The fraction of sp³-hybridized carbons (Fsp3) is 0.167. The summed E-state index contributed by atoms with van der Waals surface area (Å²) in [7, 11) is 0. The number of aliphatic hydroxyl groups excluding tert-OH is 1. The van der Waals surface area contributed by atoms with Crippen molar-refractivity contribution in [2.45, 2.75) is 11.7 Å². The number of halogens is 5. The molecule has 0 saturated carbocycles. The van der Waals surface area contributed by atoms with Gasteiger partial charge in [-0.1, -0.05) is 18.2 Å². The van der Waals surface area contributed by atoms with Crippen molar-refractivity contribution in [2.24, 2.45) is 0 Å². The lowest BCUT2D eigenvalue weighted by atomic mass is 9.82. The highest BCUT2D eigenvalue weighted by atomic mass is 19.2. The molecule has 1 aromatic rings. The molecule has 1 aromatic carbocycles. The molecule has 2 nitrogen and oxygen atoms in total. The van der Waals surface area contributed by atoms with E-state index >= 15 is 0 Å². The second-order valence-electron chi connectivity index (χ2n) is 3.94. The predicted octanol–water partition coefficient (Wildman–Crippen LogP) is 2.69. The molecule has 102 valence electrons. The van der Waals surface area contributed by atoms with Crippen molar-refractivity contribution in [2.75, 3.05) is 0 Å². The Kier molecular flexibility index (Phi) is 3.19. The zero-order valence-electron chi connectivity index (χ0n) is 9.17. The maximum absolute atomic E-state index is 13.7. The highest BCUT2D eigenvalue weighted by Gasteiger charge is 2.53. The maximum atomic E-state index is 13.7. The Morgan fingerprint density at radius 3 is 2.11 bits per heavy atom. The molecule has 2 atom stereocenters. The molecule has 0 bridgehead atoms. The monoisotopic (exact) mass is 278 g/mol. The first-order valence-electron chi connectivity index (χ1n) is 5.08. The SMILES string of the molecule is OC1C(F)=C(F)C(F)=C(F)C1(O)c1ccccc1F. The molecule has 0 amide bonds. The van der Waals surface area contributed by atoms with E-state index in [9.17, 15) is 32.2 Å². The van der Waals surface area contributed by atoms with E-state index < -0.39 is 46.4 Å². The van der Waals surface area contributed by atoms with Crippen LogP contribution in [0.3, 0.4) is 0 Å². The normalized spacial score (nSPS) is 28.1. The Bertz CT molecular complexity index is 596. The average molecular weight is 278 g/mol. The van der Waals surface area contributed by atoms with Crippen LogP contribution in [-0.4, -0.2) is 16.3 Å². The molecule has 0 fully saturated rings. The van der Waals surface area contributed by atoms with Crippen molar-refractivity contribution in [3.8, 4) is 0 Å². The lowest BCUT2D eigenvalue weighted by Gasteiger charge is -2.33. The van der Waals surface area contributed by atoms with Gasteiger partial charge in [0.25, 0.3) is 0 Å². The van der Waals surface area contributed by atoms with Gasteiger partial charge in [-0.2, -0.15) is 0 Å². The van der Waals surface area contributed by atoms with Crippen molar-refractivity contribution in [3.63, 3.8) is 0 Å². The molecule has 2 N–H and O–H groups in total. The van der Waals surface area contributed by atoms with Crippen LogP contribution in [0, 0.1) is 5.82 Å². The molecule has 0 radical (unpaired) electrons. The van der Waals surface area contributed by atoms with Gasteiger partial charge in [0.05, 0.1) is 0 Å². The van der Waals surface area contributed by atoms with E-state index in [0.29, 0.717) is 0 Å². The predicted molar refractivity (Wildman–Crippen MR) is 54.8 cm³/mol. The minimum absolute atomic E-state index is 0.789. The van der Waals surface area contributed by atoms with Gasteiger partial charge in [0.15, 0.2) is 28.9 Å². The molecule has 1 aliphatic rings. The molecule has 7 heteroatoms. The van der Waals surface area contributed by atoms with Crippen molar-refractivity contribution >= 4 is 0 Å². The Hall–Kier alpha value is -1.73. The third-order valence-corrected chi connectivity index (χ3v) is 2.85. The summed E-state index contributed by atoms with van der Waals surface area (Å²) in [4.78, 5) is 0. The number of allylic oxidation sites excluding steroid dienone is 2. The Labute approximate surface area is 104 Å². The van der Waals surface area contributed by atoms with Gasteiger partial charge in [-0.15, -0.1) is 0 Å². The molecular weight excluding hydrogens is 271 g/mol. The summed E-state index contributed by atoms with van der Waals surface area (Å²) in [5.41, 5.74) is -4.26. The molecule has 0 saturated heterocycles. The fourth-order valence-corrected chi connectivity index (χ4v) is 1.83. The molecule has 2 rings (SSSR count). The summed E-state index contributed by atoms with van der Waals surface area (Å²) < 4.78 is 66.4. The summed E-state index contributed by atoms with van der Waals surface area (Å²) in [5, 5.41) is 19.3. The van der Waals surface area contributed by atoms with Crippen LogP contribution in [0.4, 0.5) is 22.0 Å². The summed E-state index contributed by atoms with van der Waals surface area (Å²) in [6.07, 6.45) is -2.79. The zero-order chi connectivity index (χ0) is 14.4. The molecule has 0 aromatic heterocycles. The summed E-state index contributed by atoms with van der Waals surface area (Å²) in [6.45, 7) is 0. The molecule has 2 unspecified atom stereocenters. The maximum Gasteiger partial charge on any atom is 0.196 e. The van der Waals surface area contributed by atoms with E-state index in [2.05, 4.69) is 0 Å². The van der Waals surface area contributed by atoms with Crippen molar-refractivity contribution < 1.29 is 32.2 Å². The van der Waals surface area contributed by atoms with Crippen LogP contribution in [-0.2, 0) is 5.60 Å². The lowest BCUT2D eigenvalue weighted by molar-refractivity contribution is -0.0672. The summed E-state index contributed by atoms with van der Waals surface area (Å²) in [5.74, 6) is -10.1. The van der Waals surface area contributed by atoms with E-state index in [4.69, 9.17) is 0 Å². The van der Waals surface area contributed by atoms with E-state index in [1.54, 1.807) is 0 Å². The number of rotatable bonds is 1. The molecule has 1 aliphatic carbocycles. The van der Waals surface area contributed by atoms with Crippen LogP contribution in [0.1, 0.15) is 5.56 Å². The second-order valence-corrected chi connectivity index (χ2v) is 3.94. The minimum atomic E-state index is -3.35. The number of benzene rings is 1. The Morgan fingerprint density at radius 1 is 0.947 bits per heavy atom. The van der Waals surface area contributed by atoms with Crippen LogP contribution in [0.25, 0.3) is 0 Å². The molecular formula is C12H7F5O2. The van der Waals surface area contributed by atoms with Crippen molar-refractivity contribution in [1.29, 1.82) is 0 Å². The first-order valence-corrected chi connectivity index (χ1v) is 5.08. The van der Waals surface area contributed by atoms with E-state index in [1.807, 2.05) is 0 Å². The van der Waals surface area contributed by atoms with Crippen molar-refractivity contribution in [3.05, 3.63) is 59.0 Å². The summed E-state index contributed by atoms with van der Waals surface area (Å²) in [6, 6.07) is 3.95. The topological polar surface area (TPSA) is 40.5 Å². The van der Waals surface area contributed by atoms with E-state index in [1.165, 1.54) is 6.07 Å². The first-order chi connectivity index (χ1) is 8.81. The Morgan fingerprint density at radius 2 is 1.53 bits per heavy atom. The van der Waals surface area contributed by atoms with Crippen molar-refractivity contribution in [1.82, 2.24) is 0 Å². The fourth-order valence-electron chi connectivity index (χ4n) is 1.83. The Balaban J connectivity index is 2.72. The van der Waals surface area contributed by atoms with Gasteiger partial charge in [-0.25, -0.2) is 22.0 Å². The van der Waals surface area contributed by atoms with E-state index in [0.717, 1.165) is 18.2 Å². The van der Waals surface area contributed by atoms with Gasteiger partial charge < -0.3 is 10.2 Å². The van der Waals surface area contributed by atoms with Crippen LogP contribution >= 0.6 is 0 Å². The van der Waals surface area contributed by atoms with Gasteiger partial charge in [-0.3, -0.25) is 0 Å². The highest BCUT2D eigenvalue weighted by Crippen LogP contribution is 2.46. The van der Waals surface area contributed by atoms with Gasteiger partial charge in [-0.05, 0) is 6.07 Å². The van der Waals surface area contributed by atoms with Crippen LogP contribution in [0.15, 0.2) is 47.6 Å². The molecule has 0 spiro atoms. The van der Waals surface area contributed by atoms with Gasteiger partial charge in [0.1, 0.15) is 11.9 Å².